The number of urea groups is 1. The van der Waals surface area contributed by atoms with E-state index < -0.39 is 41.0 Å². The number of halogens is 3. The monoisotopic (exact) mass is 550 g/mol. The molecule has 206 valence electrons. The molecule has 6 rings (SSSR count). The molecule has 3 aromatic carbocycles. The highest BCUT2D eigenvalue weighted by Crippen LogP contribution is 2.48. The molecule has 4 amide bonds. The number of anilines is 3. The van der Waals surface area contributed by atoms with Gasteiger partial charge in [-0.1, -0.05) is 18.2 Å². The molecule has 1 N–H and O–H groups in total. The molecule has 3 aliphatic rings. The van der Waals surface area contributed by atoms with Gasteiger partial charge in [0.05, 0.1) is 24.4 Å². The number of nitrogens with one attached hydrogen (secondary N) is 1. The number of ether oxygens (including phenoxy) is 1. The number of methoxy groups -OCH3 is 1. The Morgan fingerprint density at radius 3 is 2.33 bits per heavy atom. The van der Waals surface area contributed by atoms with Crippen molar-refractivity contribution >= 4 is 34.9 Å². The zero-order valence-corrected chi connectivity index (χ0v) is 21.4. The van der Waals surface area contributed by atoms with E-state index in [1.807, 2.05) is 40.1 Å². The minimum atomic E-state index is -4.60. The van der Waals surface area contributed by atoms with Gasteiger partial charge in [-0.15, -0.1) is 0 Å². The minimum absolute atomic E-state index is 0.215. The van der Waals surface area contributed by atoms with Crippen LogP contribution in [0.4, 0.5) is 35.0 Å². The molecule has 2 saturated heterocycles. The summed E-state index contributed by atoms with van der Waals surface area (Å²) in [5.74, 6) is -1.10. The zero-order chi connectivity index (χ0) is 28.2. The van der Waals surface area contributed by atoms with Crippen LogP contribution in [0.3, 0.4) is 0 Å². The standard InChI is InChI=1S/C29H25F3N4O4/c1-40-22-10-8-21(9-11-22)36-26(38)28(25(37)33-27(36)39)16-18-15-19(29(30,31)32)7-12-23(18)35-14-13-34(17-24(28)35)20-5-3-2-4-6-20/h2-12,15,24H,13-14,16-17H2,1H3,(H,33,37,39)/t24-,28-/m1/s1. The Bertz CT molecular complexity index is 1500. The Morgan fingerprint density at radius 1 is 0.925 bits per heavy atom. The van der Waals surface area contributed by atoms with E-state index in [1.165, 1.54) is 25.3 Å². The van der Waals surface area contributed by atoms with E-state index in [9.17, 15) is 27.6 Å². The number of nitrogens with zero attached hydrogens (tertiary/aromatic N) is 3. The number of alkyl halides is 3. The lowest BCUT2D eigenvalue weighted by Gasteiger charge is -2.55. The summed E-state index contributed by atoms with van der Waals surface area (Å²) in [5, 5.41) is 2.34. The van der Waals surface area contributed by atoms with Crippen molar-refractivity contribution in [2.45, 2.75) is 18.6 Å². The minimum Gasteiger partial charge on any atom is -0.497 e. The molecule has 2 fully saturated rings. The number of piperazine rings is 1. The molecule has 0 aliphatic carbocycles. The highest BCUT2D eigenvalue weighted by atomic mass is 19.4. The topological polar surface area (TPSA) is 82.2 Å². The number of fused-ring (bicyclic) bond motifs is 4. The second-order valence-electron chi connectivity index (χ2n) is 10.1. The first kappa shape index (κ1) is 25.7. The second kappa shape index (κ2) is 9.29. The summed E-state index contributed by atoms with van der Waals surface area (Å²) in [7, 11) is 1.48. The van der Waals surface area contributed by atoms with Crippen LogP contribution in [0.5, 0.6) is 5.75 Å². The number of hydrogen-bond acceptors (Lipinski definition) is 6. The average molecular weight is 551 g/mol. The van der Waals surface area contributed by atoms with Crippen LogP contribution in [0.2, 0.25) is 0 Å². The summed E-state index contributed by atoms with van der Waals surface area (Å²) in [6.45, 7) is 1.12. The maximum absolute atomic E-state index is 14.4. The summed E-state index contributed by atoms with van der Waals surface area (Å²) in [6.07, 6.45) is -4.89. The summed E-state index contributed by atoms with van der Waals surface area (Å²) >= 11 is 0. The predicted octanol–water partition coefficient (Wildman–Crippen LogP) is 4.23. The summed E-state index contributed by atoms with van der Waals surface area (Å²) in [4.78, 5) is 46.0. The van der Waals surface area contributed by atoms with Gasteiger partial charge in [-0.3, -0.25) is 14.9 Å². The Kier molecular flexibility index (Phi) is 5.97. The van der Waals surface area contributed by atoms with Crippen LogP contribution < -0.4 is 24.8 Å². The molecular formula is C29H25F3N4O4. The van der Waals surface area contributed by atoms with Crippen LogP contribution in [0.1, 0.15) is 11.1 Å². The Balaban J connectivity index is 1.49. The van der Waals surface area contributed by atoms with Crippen molar-refractivity contribution in [3.63, 3.8) is 0 Å². The molecule has 40 heavy (non-hydrogen) atoms. The number of rotatable bonds is 3. The van der Waals surface area contributed by atoms with Gasteiger partial charge in [0.15, 0.2) is 5.41 Å². The predicted molar refractivity (Wildman–Crippen MR) is 141 cm³/mol. The zero-order valence-electron chi connectivity index (χ0n) is 21.4. The van der Waals surface area contributed by atoms with E-state index in [-0.39, 0.29) is 24.2 Å². The molecule has 11 heteroatoms. The maximum atomic E-state index is 14.4. The summed E-state index contributed by atoms with van der Waals surface area (Å²) in [6, 6.07) is 17.5. The number of barbiturate groups is 1. The molecule has 0 saturated carbocycles. The van der Waals surface area contributed by atoms with Crippen LogP contribution in [0.25, 0.3) is 0 Å². The molecule has 3 aromatic rings. The van der Waals surface area contributed by atoms with E-state index in [1.54, 1.807) is 12.1 Å². The van der Waals surface area contributed by atoms with Gasteiger partial charge in [-0.05, 0) is 66.6 Å². The van der Waals surface area contributed by atoms with Gasteiger partial charge in [0, 0.05) is 31.0 Å². The smallest absolute Gasteiger partial charge is 0.416 e. The Labute approximate surface area is 227 Å². The number of imide groups is 2. The van der Waals surface area contributed by atoms with Crippen LogP contribution in [-0.4, -0.2) is 50.6 Å². The normalized spacial score (nSPS) is 22.6. The first-order valence-electron chi connectivity index (χ1n) is 12.7. The third-order valence-electron chi connectivity index (χ3n) is 8.00. The van der Waals surface area contributed by atoms with Gasteiger partial charge in [-0.25, -0.2) is 9.69 Å². The third kappa shape index (κ3) is 3.95. The molecule has 1 spiro atoms. The lowest BCUT2D eigenvalue weighted by atomic mass is 9.67. The first-order chi connectivity index (χ1) is 19.1. The molecule has 3 aliphatic heterocycles. The largest absolute Gasteiger partial charge is 0.497 e. The van der Waals surface area contributed by atoms with Crippen LogP contribution in [0, 0.1) is 5.41 Å². The van der Waals surface area contributed by atoms with E-state index in [0.29, 0.717) is 24.5 Å². The molecule has 0 radical (unpaired) electrons. The lowest BCUT2D eigenvalue weighted by Crippen LogP contribution is -2.75. The van der Waals surface area contributed by atoms with Crippen molar-refractivity contribution in [1.29, 1.82) is 0 Å². The van der Waals surface area contributed by atoms with Gasteiger partial charge in [0.2, 0.25) is 5.91 Å². The van der Waals surface area contributed by atoms with E-state index in [2.05, 4.69) is 5.32 Å². The fourth-order valence-corrected chi connectivity index (χ4v) is 6.04. The van der Waals surface area contributed by atoms with Gasteiger partial charge in [0.1, 0.15) is 5.75 Å². The van der Waals surface area contributed by atoms with Crippen molar-refractivity contribution in [2.24, 2.45) is 5.41 Å². The Hall–Kier alpha value is -4.54. The summed E-state index contributed by atoms with van der Waals surface area (Å²) < 4.78 is 46.2. The molecule has 2 atom stereocenters. The first-order valence-corrected chi connectivity index (χ1v) is 12.7. The highest BCUT2D eigenvalue weighted by molar-refractivity contribution is 6.30. The SMILES string of the molecule is COc1ccc(N2C(=O)NC(=O)[C@]3(Cc4cc(C(F)(F)F)ccc4N4CCN(c5ccccc5)C[C@@H]43)C2=O)cc1. The molecule has 3 heterocycles. The van der Waals surface area contributed by atoms with E-state index in [0.717, 1.165) is 22.7 Å². The number of carbonyl (C=O) groups is 3. The van der Waals surface area contributed by atoms with Crippen LogP contribution >= 0.6 is 0 Å². The van der Waals surface area contributed by atoms with Crippen molar-refractivity contribution in [2.75, 3.05) is 41.4 Å². The quantitative estimate of drug-likeness (QED) is 0.492. The molecule has 8 nitrogen and oxygen atoms in total. The van der Waals surface area contributed by atoms with Crippen LogP contribution in [0.15, 0.2) is 72.8 Å². The fraction of sp³-hybridized carbons (Fsp3) is 0.276. The molecular weight excluding hydrogens is 525 g/mol. The second-order valence-corrected chi connectivity index (χ2v) is 10.1. The number of benzene rings is 3. The van der Waals surface area contributed by atoms with Gasteiger partial charge < -0.3 is 14.5 Å². The van der Waals surface area contributed by atoms with Gasteiger partial charge in [0.25, 0.3) is 5.91 Å². The van der Waals surface area contributed by atoms with Crippen LogP contribution in [-0.2, 0) is 22.2 Å². The Morgan fingerprint density at radius 2 is 1.65 bits per heavy atom. The number of hydrogen-bond donors (Lipinski definition) is 1. The van der Waals surface area contributed by atoms with Crippen molar-refractivity contribution in [3.8, 4) is 5.75 Å². The molecule has 0 unspecified atom stereocenters. The number of amides is 4. The lowest BCUT2D eigenvalue weighted by molar-refractivity contribution is -0.144. The fourth-order valence-electron chi connectivity index (χ4n) is 6.04. The van der Waals surface area contributed by atoms with Gasteiger partial charge in [-0.2, -0.15) is 13.2 Å². The molecule has 0 bridgehead atoms. The van der Waals surface area contributed by atoms with Crippen molar-refractivity contribution in [1.82, 2.24) is 5.32 Å². The maximum Gasteiger partial charge on any atom is 0.416 e. The summed E-state index contributed by atoms with van der Waals surface area (Å²) in [5.41, 5.74) is -0.848. The number of carbonyl (C=O) groups excluding carboxylic acids is 3. The van der Waals surface area contributed by atoms with Gasteiger partial charge >= 0.3 is 12.2 Å². The highest BCUT2D eigenvalue weighted by Gasteiger charge is 2.63. The van der Waals surface area contributed by atoms with E-state index in [4.69, 9.17) is 4.74 Å². The molecule has 0 aromatic heterocycles. The van der Waals surface area contributed by atoms with Crippen molar-refractivity contribution < 1.29 is 32.3 Å². The number of para-hydroxylation sites is 1. The average Bonchev–Trinajstić information content (AvgIpc) is 2.95. The van der Waals surface area contributed by atoms with Crippen molar-refractivity contribution in [3.05, 3.63) is 83.9 Å². The van der Waals surface area contributed by atoms with E-state index >= 15 is 0 Å². The third-order valence-corrected chi connectivity index (χ3v) is 8.00.